The molecule has 0 saturated carbocycles. The highest BCUT2D eigenvalue weighted by atomic mass is 79.9. The maximum absolute atomic E-state index is 10.3. The first-order valence-corrected chi connectivity index (χ1v) is 3.58. The number of aromatic amines is 1. The van der Waals surface area contributed by atoms with Gasteiger partial charge in [-0.3, -0.25) is 0 Å². The van der Waals surface area contributed by atoms with E-state index in [0.717, 1.165) is 6.07 Å². The van der Waals surface area contributed by atoms with E-state index in [9.17, 15) is 14.9 Å². The number of H-pyrrole nitrogens is 1. The molecule has 0 fully saturated rings. The van der Waals surface area contributed by atoms with E-state index in [2.05, 4.69) is 20.9 Å². The van der Waals surface area contributed by atoms with Crippen molar-refractivity contribution in [3.05, 3.63) is 26.3 Å². The second kappa shape index (κ2) is 2.94. The molecule has 0 aromatic carbocycles. The van der Waals surface area contributed by atoms with Gasteiger partial charge in [0.1, 0.15) is 4.47 Å². The Labute approximate surface area is 74.5 Å². The molecule has 0 amide bonds. The highest BCUT2D eigenvalue weighted by molar-refractivity contribution is 9.10. The fourth-order valence-electron chi connectivity index (χ4n) is 0.666. The average Bonchev–Trinajstić information content (AvgIpc) is 2.30. The monoisotopic (exact) mass is 234 g/mol. The maximum atomic E-state index is 10.3. The Morgan fingerprint density at radius 1 is 1.75 bits per heavy atom. The van der Waals surface area contributed by atoms with Gasteiger partial charge in [0, 0.05) is 6.07 Å². The number of hydrogen-bond acceptors (Lipinski definition) is 3. The number of rotatable bonds is 2. The molecule has 64 valence electrons. The molecule has 0 atom stereocenters. The minimum absolute atomic E-state index is 0.130. The van der Waals surface area contributed by atoms with Crippen LogP contribution in [0.4, 0.5) is 5.82 Å². The number of carboxylic acids is 1. The normalized spacial score (nSPS) is 9.75. The third-order valence-electron chi connectivity index (χ3n) is 1.16. The van der Waals surface area contributed by atoms with Crippen LogP contribution in [0.25, 0.3) is 0 Å². The lowest BCUT2D eigenvalue weighted by atomic mass is 10.4. The van der Waals surface area contributed by atoms with Crippen LogP contribution < -0.4 is 0 Å². The van der Waals surface area contributed by atoms with E-state index < -0.39 is 10.9 Å². The number of nitro groups is 1. The molecule has 0 bridgehead atoms. The van der Waals surface area contributed by atoms with Crippen molar-refractivity contribution in [3.8, 4) is 0 Å². The predicted molar refractivity (Wildman–Crippen MR) is 42.1 cm³/mol. The Morgan fingerprint density at radius 2 is 2.33 bits per heavy atom. The number of halogens is 1. The van der Waals surface area contributed by atoms with E-state index in [4.69, 9.17) is 5.11 Å². The van der Waals surface area contributed by atoms with Crippen molar-refractivity contribution in [2.24, 2.45) is 0 Å². The van der Waals surface area contributed by atoms with Crippen molar-refractivity contribution in [3.63, 3.8) is 0 Å². The van der Waals surface area contributed by atoms with Crippen LogP contribution in [0.1, 0.15) is 10.5 Å². The second-order valence-electron chi connectivity index (χ2n) is 1.94. The largest absolute Gasteiger partial charge is 0.475 e. The van der Waals surface area contributed by atoms with E-state index in [0.29, 0.717) is 0 Å². The SMILES string of the molecule is O=C(O)c1cc(Br)c([N+](=O)[O-])[nH]1. The van der Waals surface area contributed by atoms with Crippen LogP contribution in [0, 0.1) is 10.1 Å². The van der Waals surface area contributed by atoms with Gasteiger partial charge in [-0.05, 0) is 20.9 Å². The van der Waals surface area contributed by atoms with E-state index in [1.54, 1.807) is 0 Å². The smallest absolute Gasteiger partial charge is 0.375 e. The zero-order valence-electron chi connectivity index (χ0n) is 5.57. The Kier molecular flexibility index (Phi) is 2.13. The van der Waals surface area contributed by atoms with Gasteiger partial charge in [-0.2, -0.15) is 0 Å². The van der Waals surface area contributed by atoms with Crippen molar-refractivity contribution in [2.45, 2.75) is 0 Å². The minimum atomic E-state index is -1.23. The van der Waals surface area contributed by atoms with Crippen molar-refractivity contribution >= 4 is 27.7 Å². The number of aromatic nitrogens is 1. The first-order valence-electron chi connectivity index (χ1n) is 2.78. The zero-order chi connectivity index (χ0) is 9.30. The molecule has 1 aromatic rings. The molecule has 0 aliphatic heterocycles. The molecular weight excluding hydrogens is 232 g/mol. The molecular formula is C5H3BrN2O4. The number of carboxylic acid groups (broad SMARTS) is 1. The molecule has 0 unspecified atom stereocenters. The minimum Gasteiger partial charge on any atom is -0.475 e. The van der Waals surface area contributed by atoms with E-state index in [1.807, 2.05) is 0 Å². The Bertz CT molecular complexity index is 345. The van der Waals surface area contributed by atoms with Gasteiger partial charge in [0.15, 0.2) is 0 Å². The standard InChI is InChI=1S/C5H3BrN2O4/c6-2-1-3(5(9)10)7-4(2)8(11)12/h1,7H,(H,9,10). The number of nitrogens with zero attached hydrogens (tertiary/aromatic N) is 1. The van der Waals surface area contributed by atoms with E-state index in [-0.39, 0.29) is 16.0 Å². The highest BCUT2D eigenvalue weighted by Crippen LogP contribution is 2.24. The summed E-state index contributed by atoms with van der Waals surface area (Å²) in [7, 11) is 0. The fraction of sp³-hybridized carbons (Fsp3) is 0. The first-order chi connectivity index (χ1) is 5.52. The summed E-state index contributed by atoms with van der Waals surface area (Å²) in [5.41, 5.74) is -0.214. The molecule has 6 nitrogen and oxygen atoms in total. The van der Waals surface area contributed by atoms with Crippen LogP contribution in [0.2, 0.25) is 0 Å². The molecule has 1 heterocycles. The van der Waals surface area contributed by atoms with Gasteiger partial charge in [0.25, 0.3) is 0 Å². The number of carbonyl (C=O) groups is 1. The summed E-state index contributed by atoms with van der Waals surface area (Å²) in [6.45, 7) is 0. The summed E-state index contributed by atoms with van der Waals surface area (Å²) in [6.07, 6.45) is 0. The highest BCUT2D eigenvalue weighted by Gasteiger charge is 2.19. The van der Waals surface area contributed by atoms with Gasteiger partial charge >= 0.3 is 11.8 Å². The van der Waals surface area contributed by atoms with E-state index >= 15 is 0 Å². The topological polar surface area (TPSA) is 96.2 Å². The maximum Gasteiger partial charge on any atom is 0.375 e. The average molecular weight is 235 g/mol. The molecule has 0 saturated heterocycles. The van der Waals surface area contributed by atoms with Crippen LogP contribution in [0.3, 0.4) is 0 Å². The number of hydrogen-bond donors (Lipinski definition) is 2. The summed E-state index contributed by atoms with van der Waals surface area (Å²) in [4.78, 5) is 22.0. The summed E-state index contributed by atoms with van der Waals surface area (Å²) in [5, 5.41) is 18.6. The van der Waals surface area contributed by atoms with Gasteiger partial charge < -0.3 is 15.2 Å². The van der Waals surface area contributed by atoms with Gasteiger partial charge in [-0.1, -0.05) is 0 Å². The molecule has 0 radical (unpaired) electrons. The molecule has 2 N–H and O–H groups in total. The lowest BCUT2D eigenvalue weighted by Crippen LogP contribution is -1.96. The molecule has 1 aromatic heterocycles. The lowest BCUT2D eigenvalue weighted by Gasteiger charge is -1.88. The summed E-state index contributed by atoms with van der Waals surface area (Å²) >= 11 is 2.85. The van der Waals surface area contributed by atoms with Crippen LogP contribution in [-0.4, -0.2) is 21.0 Å². The van der Waals surface area contributed by atoms with Gasteiger partial charge in [0.05, 0.1) is 0 Å². The van der Waals surface area contributed by atoms with Gasteiger partial charge in [0.2, 0.25) is 5.69 Å². The van der Waals surface area contributed by atoms with E-state index in [1.165, 1.54) is 0 Å². The van der Waals surface area contributed by atoms with Crippen molar-refractivity contribution < 1.29 is 14.8 Å². The van der Waals surface area contributed by atoms with Crippen molar-refractivity contribution in [1.82, 2.24) is 4.98 Å². The Balaban J connectivity index is 3.17. The summed E-state index contributed by atoms with van der Waals surface area (Å²) in [5.74, 6) is -1.59. The number of nitrogens with one attached hydrogen (secondary N) is 1. The molecule has 0 spiro atoms. The first kappa shape index (κ1) is 8.72. The molecule has 0 aliphatic carbocycles. The quantitative estimate of drug-likeness (QED) is 0.597. The fourth-order valence-corrected chi connectivity index (χ4v) is 1.14. The third kappa shape index (κ3) is 1.45. The molecule has 1 rings (SSSR count). The Hall–Kier alpha value is -1.37. The van der Waals surface area contributed by atoms with Crippen LogP contribution >= 0.6 is 15.9 Å². The van der Waals surface area contributed by atoms with Crippen LogP contribution in [0.5, 0.6) is 0 Å². The predicted octanol–water partition coefficient (Wildman–Crippen LogP) is 1.38. The summed E-state index contributed by atoms with van der Waals surface area (Å²) in [6, 6.07) is 1.14. The Morgan fingerprint density at radius 3 is 2.58 bits per heavy atom. The molecule has 0 aliphatic rings. The van der Waals surface area contributed by atoms with Crippen molar-refractivity contribution in [2.75, 3.05) is 0 Å². The van der Waals surface area contributed by atoms with Crippen molar-refractivity contribution in [1.29, 1.82) is 0 Å². The van der Waals surface area contributed by atoms with Crippen LogP contribution in [0.15, 0.2) is 10.5 Å². The van der Waals surface area contributed by atoms with Crippen LogP contribution in [-0.2, 0) is 0 Å². The summed E-state index contributed by atoms with van der Waals surface area (Å²) < 4.78 is 0.130. The zero-order valence-corrected chi connectivity index (χ0v) is 7.16. The number of aromatic carboxylic acids is 1. The lowest BCUT2D eigenvalue weighted by molar-refractivity contribution is -0.390. The second-order valence-corrected chi connectivity index (χ2v) is 2.80. The third-order valence-corrected chi connectivity index (χ3v) is 1.77. The van der Waals surface area contributed by atoms with Gasteiger partial charge in [-0.25, -0.2) is 9.78 Å². The molecule has 7 heteroatoms. The molecule has 12 heavy (non-hydrogen) atoms. The van der Waals surface area contributed by atoms with Gasteiger partial charge in [-0.15, -0.1) is 0 Å².